The highest BCUT2D eigenvalue weighted by Crippen LogP contribution is 2.22. The van der Waals surface area contributed by atoms with Crippen LogP contribution in [0.3, 0.4) is 0 Å². The van der Waals surface area contributed by atoms with Gasteiger partial charge in [0.1, 0.15) is 12.5 Å². The van der Waals surface area contributed by atoms with E-state index in [1.54, 1.807) is 24.3 Å². The van der Waals surface area contributed by atoms with Crippen LogP contribution in [-0.2, 0) is 4.79 Å². The molecule has 0 aliphatic carbocycles. The molecule has 0 aliphatic rings. The van der Waals surface area contributed by atoms with Crippen molar-refractivity contribution >= 4 is 34.8 Å². The van der Waals surface area contributed by atoms with E-state index in [4.69, 9.17) is 23.2 Å². The Kier molecular flexibility index (Phi) is 6.19. The Hall–Kier alpha value is -0.890. The Morgan fingerprint density at radius 1 is 1.20 bits per heavy atom. The van der Waals surface area contributed by atoms with E-state index in [-0.39, 0.29) is 0 Å². The van der Waals surface area contributed by atoms with Crippen molar-refractivity contribution in [1.82, 2.24) is 10.6 Å². The lowest BCUT2D eigenvalue weighted by molar-refractivity contribution is -0.123. The molecule has 20 heavy (non-hydrogen) atoms. The van der Waals surface area contributed by atoms with E-state index in [1.807, 2.05) is 0 Å². The first-order chi connectivity index (χ1) is 9.24. The Bertz CT molecular complexity index is 459. The summed E-state index contributed by atoms with van der Waals surface area (Å²) in [5.41, 5.74) is 0.365. The van der Waals surface area contributed by atoms with Gasteiger partial charge in [-0.05, 0) is 26.0 Å². The minimum atomic E-state index is -1.89. The number of hydrogen-bond acceptors (Lipinski definition) is 5. The van der Waals surface area contributed by atoms with Crippen LogP contribution < -0.4 is 16.0 Å². The average molecular weight is 322 g/mol. The fourth-order valence-corrected chi connectivity index (χ4v) is 2.07. The molecule has 1 amide bonds. The molecule has 0 fully saturated rings. The molecule has 8 heteroatoms. The van der Waals surface area contributed by atoms with E-state index in [1.165, 1.54) is 13.8 Å². The first-order valence-electron chi connectivity index (χ1n) is 5.91. The fraction of sp³-hybridized carbons (Fsp3) is 0.417. The molecule has 1 aromatic rings. The van der Waals surface area contributed by atoms with Gasteiger partial charge < -0.3 is 15.5 Å². The minimum Gasteiger partial charge on any atom is -0.379 e. The van der Waals surface area contributed by atoms with Gasteiger partial charge in [0, 0.05) is 0 Å². The highest BCUT2D eigenvalue weighted by atomic mass is 35.5. The zero-order chi connectivity index (χ0) is 15.3. The van der Waals surface area contributed by atoms with Gasteiger partial charge in [-0.1, -0.05) is 35.3 Å². The molecule has 0 aromatic heterocycles. The quantitative estimate of drug-likeness (QED) is 0.306. The summed E-state index contributed by atoms with van der Waals surface area (Å²) in [5.74, 6) is -0.714. The number of nitrogens with one attached hydrogen (secondary N) is 3. The molecule has 1 aromatic carbocycles. The molecule has 0 saturated carbocycles. The number of halogens is 2. The summed E-state index contributed by atoms with van der Waals surface area (Å²) in [5, 5.41) is 24.5. The number of alkyl halides is 1. The maximum Gasteiger partial charge on any atom is 0.275 e. The van der Waals surface area contributed by atoms with Crippen molar-refractivity contribution in [3.8, 4) is 0 Å². The first-order valence-corrected chi connectivity index (χ1v) is 6.66. The standard InChI is InChI=1S/C12H17Cl2N3O3/c1-7(18)16-12(14,17-8(2)19)11(20)15-10-6-4-3-5-9(10)13/h3-8,16-19H,1-2H3,(H,15,20). The van der Waals surface area contributed by atoms with E-state index in [0.717, 1.165) is 0 Å². The molecule has 0 aliphatic heterocycles. The van der Waals surface area contributed by atoms with Crippen molar-refractivity contribution in [2.75, 3.05) is 5.32 Å². The van der Waals surface area contributed by atoms with Crippen LogP contribution in [0.1, 0.15) is 13.8 Å². The second-order valence-electron chi connectivity index (χ2n) is 4.23. The number of para-hydroxylation sites is 1. The number of benzene rings is 1. The van der Waals surface area contributed by atoms with Gasteiger partial charge in [0.25, 0.3) is 5.91 Å². The van der Waals surface area contributed by atoms with Crippen molar-refractivity contribution in [3.05, 3.63) is 29.3 Å². The third-order valence-electron chi connectivity index (χ3n) is 2.25. The van der Waals surface area contributed by atoms with Crippen LogP contribution in [-0.4, -0.2) is 33.7 Å². The van der Waals surface area contributed by atoms with Crippen LogP contribution in [0.4, 0.5) is 5.69 Å². The van der Waals surface area contributed by atoms with Gasteiger partial charge >= 0.3 is 0 Å². The van der Waals surface area contributed by atoms with E-state index < -0.39 is 23.5 Å². The second kappa shape index (κ2) is 7.21. The predicted molar refractivity (Wildman–Crippen MR) is 78.3 cm³/mol. The van der Waals surface area contributed by atoms with Crippen molar-refractivity contribution in [2.45, 2.75) is 31.4 Å². The molecule has 1 rings (SSSR count). The summed E-state index contributed by atoms with van der Waals surface area (Å²) in [6, 6.07) is 6.62. The monoisotopic (exact) mass is 321 g/mol. The zero-order valence-electron chi connectivity index (χ0n) is 11.0. The molecular weight excluding hydrogens is 305 g/mol. The first kappa shape index (κ1) is 17.2. The molecule has 2 atom stereocenters. The number of aliphatic hydroxyl groups is 2. The Labute approximate surface area is 127 Å². The molecule has 2 unspecified atom stereocenters. The lowest BCUT2D eigenvalue weighted by Gasteiger charge is -2.31. The van der Waals surface area contributed by atoms with Crippen LogP contribution in [0.2, 0.25) is 5.02 Å². The van der Waals surface area contributed by atoms with Crippen molar-refractivity contribution in [1.29, 1.82) is 0 Å². The molecule has 112 valence electrons. The number of hydrogen-bond donors (Lipinski definition) is 5. The van der Waals surface area contributed by atoms with Crippen LogP contribution in [0.25, 0.3) is 0 Å². The summed E-state index contributed by atoms with van der Waals surface area (Å²) >= 11 is 12.0. The Morgan fingerprint density at radius 3 is 2.15 bits per heavy atom. The van der Waals surface area contributed by atoms with Gasteiger partial charge in [-0.2, -0.15) is 0 Å². The number of amides is 1. The molecule has 5 N–H and O–H groups in total. The number of carbonyl (C=O) groups is 1. The lowest BCUT2D eigenvalue weighted by Crippen LogP contribution is -2.64. The molecule has 0 heterocycles. The number of rotatable bonds is 6. The molecule has 6 nitrogen and oxygen atoms in total. The smallest absolute Gasteiger partial charge is 0.275 e. The van der Waals surface area contributed by atoms with Crippen molar-refractivity contribution < 1.29 is 15.0 Å². The second-order valence-corrected chi connectivity index (χ2v) is 5.21. The largest absolute Gasteiger partial charge is 0.379 e. The maximum atomic E-state index is 12.2. The van der Waals surface area contributed by atoms with Crippen LogP contribution in [0, 0.1) is 0 Å². The third kappa shape index (κ3) is 4.90. The Balaban J connectivity index is 2.91. The summed E-state index contributed by atoms with van der Waals surface area (Å²) in [7, 11) is 0. The van der Waals surface area contributed by atoms with E-state index >= 15 is 0 Å². The van der Waals surface area contributed by atoms with Crippen molar-refractivity contribution in [2.24, 2.45) is 0 Å². The van der Waals surface area contributed by atoms with E-state index in [0.29, 0.717) is 10.7 Å². The maximum absolute atomic E-state index is 12.2. The van der Waals surface area contributed by atoms with Crippen molar-refractivity contribution in [3.63, 3.8) is 0 Å². The number of anilines is 1. The fourth-order valence-electron chi connectivity index (χ4n) is 1.52. The topological polar surface area (TPSA) is 93.6 Å². The van der Waals surface area contributed by atoms with Gasteiger partial charge in [-0.3, -0.25) is 15.4 Å². The zero-order valence-corrected chi connectivity index (χ0v) is 12.5. The Morgan fingerprint density at radius 2 is 1.70 bits per heavy atom. The van der Waals surface area contributed by atoms with E-state index in [9.17, 15) is 15.0 Å². The summed E-state index contributed by atoms with van der Waals surface area (Å²) in [6.07, 6.45) is -2.15. The summed E-state index contributed by atoms with van der Waals surface area (Å²) in [4.78, 5) is 12.2. The van der Waals surface area contributed by atoms with Crippen LogP contribution in [0.15, 0.2) is 24.3 Å². The van der Waals surface area contributed by atoms with Crippen LogP contribution in [0.5, 0.6) is 0 Å². The third-order valence-corrected chi connectivity index (χ3v) is 2.97. The highest BCUT2D eigenvalue weighted by molar-refractivity contribution is 6.37. The highest BCUT2D eigenvalue weighted by Gasteiger charge is 2.38. The molecular formula is C12H17Cl2N3O3. The predicted octanol–water partition coefficient (Wildman–Crippen LogP) is 1.03. The summed E-state index contributed by atoms with van der Waals surface area (Å²) in [6.45, 7) is 2.78. The number of carbonyl (C=O) groups excluding carboxylic acids is 1. The normalized spacial score (nSPS) is 17.1. The number of aliphatic hydroxyl groups excluding tert-OH is 2. The van der Waals surface area contributed by atoms with Gasteiger partial charge in [-0.15, -0.1) is 0 Å². The SMILES string of the molecule is CC(O)NC(Cl)(NC(C)O)C(=O)Nc1ccccc1Cl. The molecule has 0 spiro atoms. The van der Waals surface area contributed by atoms with Gasteiger partial charge in [0.05, 0.1) is 10.7 Å². The molecule has 0 saturated heterocycles. The van der Waals surface area contributed by atoms with E-state index in [2.05, 4.69) is 16.0 Å². The lowest BCUT2D eigenvalue weighted by atomic mass is 10.3. The molecule has 0 bridgehead atoms. The summed E-state index contributed by atoms with van der Waals surface area (Å²) < 4.78 is 0. The van der Waals surface area contributed by atoms with Gasteiger partial charge in [0.2, 0.25) is 5.12 Å². The van der Waals surface area contributed by atoms with Gasteiger partial charge in [-0.25, -0.2) is 0 Å². The minimum absolute atomic E-state index is 0.342. The van der Waals surface area contributed by atoms with Gasteiger partial charge in [0.15, 0.2) is 0 Å². The van der Waals surface area contributed by atoms with Crippen LogP contribution >= 0.6 is 23.2 Å². The molecule has 0 radical (unpaired) electrons. The average Bonchev–Trinajstić information content (AvgIpc) is 2.29.